The average molecular weight is 170 g/mol. The van der Waals surface area contributed by atoms with E-state index < -0.39 is 0 Å². The van der Waals surface area contributed by atoms with Gasteiger partial charge in [-0.2, -0.15) is 0 Å². The topological polar surface area (TPSA) is 0 Å². The van der Waals surface area contributed by atoms with Gasteiger partial charge >= 0.3 is 0 Å². The van der Waals surface area contributed by atoms with Crippen molar-refractivity contribution < 1.29 is 0 Å². The highest BCUT2D eigenvalue weighted by Gasteiger charge is 1.99. The lowest BCUT2D eigenvalue weighted by Gasteiger charge is -2.05. The molecule has 0 aromatic heterocycles. The molecule has 0 spiro atoms. The smallest absolute Gasteiger partial charge is 0.0152 e. The van der Waals surface area contributed by atoms with Crippen LogP contribution in [-0.4, -0.2) is 0 Å². The van der Waals surface area contributed by atoms with Gasteiger partial charge in [0.25, 0.3) is 0 Å². The molecule has 0 saturated heterocycles. The van der Waals surface area contributed by atoms with Gasteiger partial charge in [-0.15, -0.1) is 0 Å². The SMILES string of the molecule is Cc1ccc2c(C)c(C)ccc2c1. The fourth-order valence-electron chi connectivity index (χ4n) is 1.71. The Morgan fingerprint density at radius 3 is 2.38 bits per heavy atom. The number of rotatable bonds is 0. The largest absolute Gasteiger partial charge is 0.0587 e. The van der Waals surface area contributed by atoms with E-state index in [0.717, 1.165) is 0 Å². The summed E-state index contributed by atoms with van der Waals surface area (Å²) in [5, 5.41) is 2.73. The molecule has 0 bridgehead atoms. The molecule has 0 N–H and O–H groups in total. The van der Waals surface area contributed by atoms with Gasteiger partial charge in [0.2, 0.25) is 0 Å². The third-order valence-electron chi connectivity index (χ3n) is 2.72. The van der Waals surface area contributed by atoms with Crippen LogP contribution >= 0.6 is 0 Å². The van der Waals surface area contributed by atoms with Crippen LogP contribution in [0.25, 0.3) is 10.8 Å². The van der Waals surface area contributed by atoms with E-state index in [9.17, 15) is 0 Å². The number of aryl methyl sites for hydroxylation is 3. The summed E-state index contributed by atoms with van der Waals surface area (Å²) in [5.74, 6) is 0. The van der Waals surface area contributed by atoms with E-state index in [2.05, 4.69) is 51.1 Å². The van der Waals surface area contributed by atoms with Gasteiger partial charge in [0.15, 0.2) is 0 Å². The fourth-order valence-corrected chi connectivity index (χ4v) is 1.71. The molecule has 0 amide bonds. The molecule has 0 radical (unpaired) electrons. The highest BCUT2D eigenvalue weighted by atomic mass is 14.0. The molecule has 0 nitrogen and oxygen atoms in total. The van der Waals surface area contributed by atoms with E-state index in [1.54, 1.807) is 0 Å². The fraction of sp³-hybridized carbons (Fsp3) is 0.231. The summed E-state index contributed by atoms with van der Waals surface area (Å²) >= 11 is 0. The van der Waals surface area contributed by atoms with Gasteiger partial charge in [0, 0.05) is 0 Å². The van der Waals surface area contributed by atoms with Crippen LogP contribution in [-0.2, 0) is 0 Å². The minimum Gasteiger partial charge on any atom is -0.0587 e. The van der Waals surface area contributed by atoms with Gasteiger partial charge in [-0.05, 0) is 42.7 Å². The maximum atomic E-state index is 2.24. The van der Waals surface area contributed by atoms with Gasteiger partial charge in [0.1, 0.15) is 0 Å². The molecule has 2 rings (SSSR count). The van der Waals surface area contributed by atoms with E-state index in [4.69, 9.17) is 0 Å². The zero-order chi connectivity index (χ0) is 9.42. The molecule has 0 aliphatic heterocycles. The summed E-state index contributed by atoms with van der Waals surface area (Å²) in [6.45, 7) is 6.48. The summed E-state index contributed by atoms with van der Waals surface area (Å²) in [6.07, 6.45) is 0. The van der Waals surface area contributed by atoms with E-state index in [1.807, 2.05) is 0 Å². The molecule has 0 aliphatic rings. The first-order chi connectivity index (χ1) is 6.18. The van der Waals surface area contributed by atoms with Crippen molar-refractivity contribution in [3.05, 3.63) is 47.0 Å². The molecular weight excluding hydrogens is 156 g/mol. The second kappa shape index (κ2) is 2.88. The van der Waals surface area contributed by atoms with Crippen LogP contribution in [0.4, 0.5) is 0 Å². The molecule has 0 fully saturated rings. The second-order valence-electron chi connectivity index (χ2n) is 3.73. The van der Waals surface area contributed by atoms with Crippen molar-refractivity contribution in [3.63, 3.8) is 0 Å². The maximum absolute atomic E-state index is 2.24. The van der Waals surface area contributed by atoms with Crippen LogP contribution < -0.4 is 0 Å². The molecule has 0 atom stereocenters. The number of benzene rings is 2. The molecule has 2 aromatic rings. The van der Waals surface area contributed by atoms with Gasteiger partial charge in [-0.25, -0.2) is 0 Å². The summed E-state index contributed by atoms with van der Waals surface area (Å²) < 4.78 is 0. The van der Waals surface area contributed by atoms with Crippen molar-refractivity contribution in [3.8, 4) is 0 Å². The van der Waals surface area contributed by atoms with E-state index in [1.165, 1.54) is 27.5 Å². The van der Waals surface area contributed by atoms with Crippen LogP contribution in [0.1, 0.15) is 16.7 Å². The van der Waals surface area contributed by atoms with E-state index in [-0.39, 0.29) is 0 Å². The Kier molecular flexibility index (Phi) is 1.84. The van der Waals surface area contributed by atoms with Crippen molar-refractivity contribution in [2.24, 2.45) is 0 Å². The predicted octanol–water partition coefficient (Wildman–Crippen LogP) is 3.77. The van der Waals surface area contributed by atoms with Gasteiger partial charge in [-0.1, -0.05) is 35.9 Å². The normalized spacial score (nSPS) is 10.7. The number of hydrogen-bond donors (Lipinski definition) is 0. The van der Waals surface area contributed by atoms with Crippen LogP contribution in [0.15, 0.2) is 30.3 Å². The highest BCUT2D eigenvalue weighted by molar-refractivity contribution is 5.87. The molecule has 0 unspecified atom stereocenters. The van der Waals surface area contributed by atoms with Gasteiger partial charge in [0.05, 0.1) is 0 Å². The molecular formula is C13H14. The Bertz CT molecular complexity index is 453. The van der Waals surface area contributed by atoms with E-state index >= 15 is 0 Å². The lowest BCUT2D eigenvalue weighted by molar-refractivity contribution is 1.37. The Labute approximate surface area is 79.2 Å². The standard InChI is InChI=1S/C13H14/c1-9-4-7-13-11(3)10(2)5-6-12(13)8-9/h4-8H,1-3H3. The van der Waals surface area contributed by atoms with Gasteiger partial charge < -0.3 is 0 Å². The molecule has 0 heteroatoms. The van der Waals surface area contributed by atoms with Crippen molar-refractivity contribution in [2.45, 2.75) is 20.8 Å². The quantitative estimate of drug-likeness (QED) is 0.564. The third-order valence-corrected chi connectivity index (χ3v) is 2.72. The Morgan fingerprint density at radius 2 is 1.62 bits per heavy atom. The second-order valence-corrected chi connectivity index (χ2v) is 3.73. The Hall–Kier alpha value is -1.30. The Morgan fingerprint density at radius 1 is 0.846 bits per heavy atom. The molecule has 2 aromatic carbocycles. The minimum atomic E-state index is 1.33. The van der Waals surface area contributed by atoms with Crippen LogP contribution in [0.3, 0.4) is 0 Å². The lowest BCUT2D eigenvalue weighted by Crippen LogP contribution is -1.83. The first kappa shape index (κ1) is 8.31. The maximum Gasteiger partial charge on any atom is -0.0152 e. The van der Waals surface area contributed by atoms with Crippen LogP contribution in [0, 0.1) is 20.8 Å². The van der Waals surface area contributed by atoms with E-state index in [0.29, 0.717) is 0 Å². The average Bonchev–Trinajstić information content (AvgIpc) is 2.12. The molecule has 0 saturated carbocycles. The summed E-state index contributed by atoms with van der Waals surface area (Å²) in [7, 11) is 0. The predicted molar refractivity (Wildman–Crippen MR) is 58.2 cm³/mol. The van der Waals surface area contributed by atoms with Crippen molar-refractivity contribution in [2.75, 3.05) is 0 Å². The molecule has 66 valence electrons. The van der Waals surface area contributed by atoms with Crippen molar-refractivity contribution in [1.29, 1.82) is 0 Å². The van der Waals surface area contributed by atoms with Crippen molar-refractivity contribution in [1.82, 2.24) is 0 Å². The summed E-state index contributed by atoms with van der Waals surface area (Å²) in [5.41, 5.74) is 4.10. The molecule has 0 aliphatic carbocycles. The first-order valence-electron chi connectivity index (χ1n) is 4.65. The van der Waals surface area contributed by atoms with Crippen molar-refractivity contribution >= 4 is 10.8 Å². The first-order valence-corrected chi connectivity index (χ1v) is 4.65. The number of hydrogen-bond acceptors (Lipinski definition) is 0. The molecule has 13 heavy (non-hydrogen) atoms. The Balaban J connectivity index is 2.87. The van der Waals surface area contributed by atoms with Crippen LogP contribution in [0.2, 0.25) is 0 Å². The zero-order valence-corrected chi connectivity index (χ0v) is 8.39. The molecule has 0 heterocycles. The number of fused-ring (bicyclic) bond motifs is 1. The summed E-state index contributed by atoms with van der Waals surface area (Å²) in [6, 6.07) is 11.0. The zero-order valence-electron chi connectivity index (χ0n) is 8.39. The summed E-state index contributed by atoms with van der Waals surface area (Å²) in [4.78, 5) is 0. The monoisotopic (exact) mass is 170 g/mol. The third kappa shape index (κ3) is 1.33. The highest BCUT2D eigenvalue weighted by Crippen LogP contribution is 2.22. The minimum absolute atomic E-state index is 1.33. The van der Waals surface area contributed by atoms with Crippen LogP contribution in [0.5, 0.6) is 0 Å². The lowest BCUT2D eigenvalue weighted by atomic mass is 10.00. The van der Waals surface area contributed by atoms with Gasteiger partial charge in [-0.3, -0.25) is 0 Å².